The van der Waals surface area contributed by atoms with E-state index in [0.717, 1.165) is 22.6 Å². The summed E-state index contributed by atoms with van der Waals surface area (Å²) < 4.78 is 2.43. The summed E-state index contributed by atoms with van der Waals surface area (Å²) in [4.78, 5) is 4.76. The number of benzene rings is 6. The Morgan fingerprint density at radius 3 is 2.02 bits per heavy atom. The van der Waals surface area contributed by atoms with E-state index in [0.29, 0.717) is 0 Å². The predicted molar refractivity (Wildman–Crippen MR) is 169 cm³/mol. The molecule has 188 valence electrons. The van der Waals surface area contributed by atoms with Crippen LogP contribution < -0.4 is 0 Å². The number of hydrogen-bond donors (Lipinski definition) is 0. The fourth-order valence-electron chi connectivity index (χ4n) is 6.09. The van der Waals surface area contributed by atoms with E-state index in [4.69, 9.17) is 4.98 Å². The highest BCUT2D eigenvalue weighted by Gasteiger charge is 2.16. The zero-order chi connectivity index (χ0) is 26.6. The Hall–Kier alpha value is -5.21. The van der Waals surface area contributed by atoms with Crippen molar-refractivity contribution in [3.63, 3.8) is 0 Å². The van der Waals surface area contributed by atoms with Gasteiger partial charge in [0, 0.05) is 33.1 Å². The highest BCUT2D eigenvalue weighted by Crippen LogP contribution is 2.39. The first kappa shape index (κ1) is 22.7. The Bertz CT molecular complexity index is 2220. The van der Waals surface area contributed by atoms with Crippen molar-refractivity contribution in [2.75, 3.05) is 0 Å². The number of rotatable bonds is 3. The van der Waals surface area contributed by atoms with Gasteiger partial charge in [0.05, 0.1) is 16.7 Å². The van der Waals surface area contributed by atoms with Crippen molar-refractivity contribution in [3.8, 4) is 28.1 Å². The molecule has 0 fully saturated rings. The molecular weight excluding hydrogens is 484 g/mol. The molecule has 8 rings (SSSR count). The van der Waals surface area contributed by atoms with Crippen LogP contribution in [-0.2, 0) is 0 Å². The lowest BCUT2D eigenvalue weighted by molar-refractivity contribution is 1.19. The standard InChI is InChI=1S/C38H26N2/c1-25-8-7-13-36(39-25)31-18-19-33-30(23-31)17-21-35-34-20-16-29(28-15-14-26-9-5-6-10-27(26)22-28)24-37(34)40(38(33)35)32-11-3-2-4-12-32/h2-24H,1H3. The van der Waals surface area contributed by atoms with Crippen molar-refractivity contribution in [2.45, 2.75) is 6.92 Å². The molecular formula is C38H26N2. The largest absolute Gasteiger partial charge is 0.309 e. The van der Waals surface area contributed by atoms with Gasteiger partial charge in [-0.15, -0.1) is 0 Å². The molecule has 0 atom stereocenters. The number of aromatic nitrogens is 2. The molecule has 2 aromatic heterocycles. The molecule has 8 aromatic rings. The van der Waals surface area contributed by atoms with Gasteiger partial charge in [-0.3, -0.25) is 4.98 Å². The minimum Gasteiger partial charge on any atom is -0.309 e. The Morgan fingerprint density at radius 1 is 0.475 bits per heavy atom. The van der Waals surface area contributed by atoms with Crippen LogP contribution in [0.2, 0.25) is 0 Å². The zero-order valence-corrected chi connectivity index (χ0v) is 22.2. The molecule has 2 heterocycles. The second kappa shape index (κ2) is 8.93. The van der Waals surface area contributed by atoms with E-state index < -0.39 is 0 Å². The summed E-state index contributed by atoms with van der Waals surface area (Å²) in [6, 6.07) is 50.4. The SMILES string of the molecule is Cc1cccc(-c2ccc3c(ccc4c5ccc(-c6ccc7ccccc7c6)cc5n(-c5ccccc5)c34)c2)n1. The van der Waals surface area contributed by atoms with Gasteiger partial charge in [0.15, 0.2) is 0 Å². The molecule has 0 saturated heterocycles. The first-order valence-electron chi connectivity index (χ1n) is 13.7. The maximum atomic E-state index is 4.76. The van der Waals surface area contributed by atoms with Crippen molar-refractivity contribution in [1.29, 1.82) is 0 Å². The van der Waals surface area contributed by atoms with Crippen molar-refractivity contribution >= 4 is 43.4 Å². The van der Waals surface area contributed by atoms with Crippen LogP contribution >= 0.6 is 0 Å². The van der Waals surface area contributed by atoms with Crippen LogP contribution in [0.25, 0.3) is 71.4 Å². The summed E-state index contributed by atoms with van der Waals surface area (Å²) in [5.41, 5.74) is 9.22. The summed E-state index contributed by atoms with van der Waals surface area (Å²) in [5, 5.41) is 7.49. The van der Waals surface area contributed by atoms with Crippen molar-refractivity contribution in [3.05, 3.63) is 145 Å². The summed E-state index contributed by atoms with van der Waals surface area (Å²) in [6.45, 7) is 2.04. The van der Waals surface area contributed by atoms with Gasteiger partial charge in [0.1, 0.15) is 0 Å². The van der Waals surface area contributed by atoms with E-state index >= 15 is 0 Å². The number of pyridine rings is 1. The van der Waals surface area contributed by atoms with E-state index in [1.807, 2.05) is 13.0 Å². The third-order valence-corrected chi connectivity index (χ3v) is 8.03. The highest BCUT2D eigenvalue weighted by atomic mass is 15.0. The number of fused-ring (bicyclic) bond motifs is 6. The van der Waals surface area contributed by atoms with Crippen LogP contribution in [0.15, 0.2) is 140 Å². The molecule has 40 heavy (non-hydrogen) atoms. The molecule has 0 aliphatic carbocycles. The summed E-state index contributed by atoms with van der Waals surface area (Å²) in [7, 11) is 0. The van der Waals surface area contributed by atoms with Gasteiger partial charge in [-0.2, -0.15) is 0 Å². The molecule has 0 saturated carbocycles. The fraction of sp³-hybridized carbons (Fsp3) is 0.0263. The van der Waals surface area contributed by atoms with Crippen molar-refractivity contribution in [2.24, 2.45) is 0 Å². The van der Waals surface area contributed by atoms with Crippen LogP contribution in [0, 0.1) is 6.92 Å². The third-order valence-electron chi connectivity index (χ3n) is 8.03. The van der Waals surface area contributed by atoms with Gasteiger partial charge in [-0.25, -0.2) is 0 Å². The van der Waals surface area contributed by atoms with Crippen molar-refractivity contribution < 1.29 is 0 Å². The van der Waals surface area contributed by atoms with Gasteiger partial charge in [0.2, 0.25) is 0 Å². The number of nitrogens with zero attached hydrogens (tertiary/aromatic N) is 2. The van der Waals surface area contributed by atoms with Crippen LogP contribution in [-0.4, -0.2) is 9.55 Å². The van der Waals surface area contributed by atoms with Gasteiger partial charge < -0.3 is 4.57 Å². The quantitative estimate of drug-likeness (QED) is 0.231. The summed E-state index contributed by atoms with van der Waals surface area (Å²) in [6.07, 6.45) is 0. The Morgan fingerprint density at radius 2 is 1.15 bits per heavy atom. The van der Waals surface area contributed by atoms with Crippen LogP contribution in [0.4, 0.5) is 0 Å². The Labute approximate surface area is 232 Å². The minimum absolute atomic E-state index is 1.01. The molecule has 0 amide bonds. The molecule has 0 aliphatic heterocycles. The molecule has 0 aliphatic rings. The lowest BCUT2D eigenvalue weighted by Crippen LogP contribution is -1.94. The lowest BCUT2D eigenvalue weighted by Gasteiger charge is -2.11. The normalized spacial score (nSPS) is 11.6. The molecule has 0 unspecified atom stereocenters. The van der Waals surface area contributed by atoms with E-state index in [2.05, 4.69) is 138 Å². The fourth-order valence-corrected chi connectivity index (χ4v) is 6.09. The first-order chi connectivity index (χ1) is 19.7. The van der Waals surface area contributed by atoms with Crippen LogP contribution in [0.3, 0.4) is 0 Å². The summed E-state index contributed by atoms with van der Waals surface area (Å²) >= 11 is 0. The predicted octanol–water partition coefficient (Wildman–Crippen LogP) is 10.1. The highest BCUT2D eigenvalue weighted by molar-refractivity contribution is 6.19. The third kappa shape index (κ3) is 3.61. The van der Waals surface area contributed by atoms with E-state index in [1.54, 1.807) is 0 Å². The molecule has 0 N–H and O–H groups in total. The second-order valence-corrected chi connectivity index (χ2v) is 10.5. The topological polar surface area (TPSA) is 17.8 Å². The lowest BCUT2D eigenvalue weighted by atomic mass is 9.99. The molecule has 0 bridgehead atoms. The second-order valence-electron chi connectivity index (χ2n) is 10.5. The van der Waals surface area contributed by atoms with Gasteiger partial charge in [0.25, 0.3) is 0 Å². The van der Waals surface area contributed by atoms with Crippen LogP contribution in [0.1, 0.15) is 5.69 Å². The first-order valence-corrected chi connectivity index (χ1v) is 13.7. The average Bonchev–Trinajstić information content (AvgIpc) is 3.35. The van der Waals surface area contributed by atoms with Crippen LogP contribution in [0.5, 0.6) is 0 Å². The van der Waals surface area contributed by atoms with E-state index in [-0.39, 0.29) is 0 Å². The molecule has 2 nitrogen and oxygen atoms in total. The van der Waals surface area contributed by atoms with Gasteiger partial charge in [-0.05, 0) is 76.7 Å². The minimum atomic E-state index is 1.01. The average molecular weight is 511 g/mol. The maximum Gasteiger partial charge on any atom is 0.0705 e. The maximum absolute atomic E-state index is 4.76. The molecule has 0 radical (unpaired) electrons. The number of para-hydroxylation sites is 1. The van der Waals surface area contributed by atoms with Crippen molar-refractivity contribution in [1.82, 2.24) is 9.55 Å². The molecule has 6 aromatic carbocycles. The summed E-state index contributed by atoms with van der Waals surface area (Å²) in [5.74, 6) is 0. The van der Waals surface area contributed by atoms with E-state index in [1.165, 1.54) is 54.5 Å². The Balaban J connectivity index is 1.40. The molecule has 0 spiro atoms. The van der Waals surface area contributed by atoms with E-state index in [9.17, 15) is 0 Å². The number of hydrogen-bond acceptors (Lipinski definition) is 1. The van der Waals surface area contributed by atoms with Gasteiger partial charge >= 0.3 is 0 Å². The smallest absolute Gasteiger partial charge is 0.0705 e. The Kier molecular flexibility index (Phi) is 5.08. The zero-order valence-electron chi connectivity index (χ0n) is 22.2. The van der Waals surface area contributed by atoms with Gasteiger partial charge in [-0.1, -0.05) is 97.1 Å². The monoisotopic (exact) mass is 510 g/mol. The molecule has 2 heteroatoms. The number of aryl methyl sites for hydroxylation is 1.